The second-order valence-electron chi connectivity index (χ2n) is 13.5. The van der Waals surface area contributed by atoms with Crippen LogP contribution in [0.25, 0.3) is 10.6 Å². The topological polar surface area (TPSA) is 140 Å². The lowest BCUT2D eigenvalue weighted by atomic mass is 9.79. The molecule has 0 aliphatic carbocycles. The second-order valence-corrected chi connectivity index (χ2v) is 14.6. The van der Waals surface area contributed by atoms with E-state index in [2.05, 4.69) is 32.0 Å². The number of nitrogen functional groups attached to an aromatic ring is 1. The van der Waals surface area contributed by atoms with E-state index < -0.39 is 17.0 Å². The molecule has 0 unspecified atom stereocenters. The molecule has 2 aromatic carbocycles. The Bertz CT molecular complexity index is 2030. The highest BCUT2D eigenvalue weighted by Crippen LogP contribution is 2.37. The monoisotopic (exact) mass is 709 g/mol. The third kappa shape index (κ3) is 7.85. The van der Waals surface area contributed by atoms with Crippen LogP contribution in [0.1, 0.15) is 41.3 Å². The number of rotatable bonds is 9. The number of benzene rings is 2. The minimum atomic E-state index is -1.22. The number of thiazole rings is 1. The third-order valence-corrected chi connectivity index (χ3v) is 10.9. The maximum Gasteiger partial charge on any atom is 0.280 e. The van der Waals surface area contributed by atoms with Crippen molar-refractivity contribution in [3.8, 4) is 22.2 Å². The van der Waals surface area contributed by atoms with Crippen LogP contribution in [0.2, 0.25) is 0 Å². The highest BCUT2D eigenvalue weighted by molar-refractivity contribution is 7.15. The van der Waals surface area contributed by atoms with Crippen LogP contribution in [0.3, 0.4) is 0 Å². The smallest absolute Gasteiger partial charge is 0.280 e. The van der Waals surface area contributed by atoms with Gasteiger partial charge in [0.05, 0.1) is 12.1 Å². The Morgan fingerprint density at radius 1 is 1.02 bits per heavy atom. The normalized spacial score (nSPS) is 19.2. The van der Waals surface area contributed by atoms with Crippen molar-refractivity contribution in [1.29, 1.82) is 0 Å². The molecule has 0 saturated carbocycles. The standard InChI is InChI=1S/C38H40FN7O4S/c1-25-7-8-27(19-41-25)35-42-20-30(51-35)21-44-16-13-31(32(22-44)26-5-3-2-4-6-26)36(47)45-17-14-38(49,15-18-45)23-46-24-43-34(33(40)37(46)48)50-29-11-9-28(39)10-12-29/h2-12,19-20,24,31-32,49H,13-18,21-23,40H2,1H3/t31-,32+/m1/s1. The van der Waals surface area contributed by atoms with Gasteiger partial charge in [0, 0.05) is 66.5 Å². The van der Waals surface area contributed by atoms with Crippen molar-refractivity contribution >= 4 is 22.9 Å². The molecule has 5 heterocycles. The number of aliphatic hydroxyl groups is 1. The summed E-state index contributed by atoms with van der Waals surface area (Å²) in [6, 6.07) is 19.6. The van der Waals surface area contributed by atoms with Gasteiger partial charge >= 0.3 is 0 Å². The number of pyridine rings is 1. The number of ether oxygens (including phenoxy) is 1. The number of likely N-dealkylation sites (tertiary alicyclic amines) is 2. The van der Waals surface area contributed by atoms with Gasteiger partial charge in [-0.3, -0.25) is 24.0 Å². The van der Waals surface area contributed by atoms with Crippen LogP contribution in [0.4, 0.5) is 10.1 Å². The van der Waals surface area contributed by atoms with Crippen LogP contribution >= 0.6 is 11.3 Å². The van der Waals surface area contributed by atoms with Gasteiger partial charge < -0.3 is 20.5 Å². The van der Waals surface area contributed by atoms with Gasteiger partial charge in [-0.2, -0.15) is 0 Å². The average Bonchev–Trinajstić information content (AvgIpc) is 3.61. The summed E-state index contributed by atoms with van der Waals surface area (Å²) in [6.45, 7) is 4.99. The second kappa shape index (κ2) is 14.7. The number of halogens is 1. The number of carbonyl (C=O) groups excluding carboxylic acids is 1. The van der Waals surface area contributed by atoms with Crippen molar-refractivity contribution in [3.05, 3.63) is 118 Å². The summed E-state index contributed by atoms with van der Waals surface area (Å²) in [5.74, 6) is -0.297. The van der Waals surface area contributed by atoms with Crippen molar-refractivity contribution in [3.63, 3.8) is 0 Å². The van der Waals surface area contributed by atoms with Gasteiger partial charge in [0.2, 0.25) is 11.8 Å². The maximum absolute atomic E-state index is 14.2. The fourth-order valence-corrected chi connectivity index (χ4v) is 7.92. The molecular weight excluding hydrogens is 670 g/mol. The minimum absolute atomic E-state index is 0.0187. The molecule has 5 aromatic rings. The van der Waals surface area contributed by atoms with Gasteiger partial charge in [0.15, 0.2) is 5.69 Å². The van der Waals surface area contributed by atoms with Crippen molar-refractivity contribution in [2.24, 2.45) is 5.92 Å². The molecule has 2 aliphatic heterocycles. The number of nitrogens with zero attached hydrogens (tertiary/aromatic N) is 6. The number of aromatic nitrogens is 4. The Morgan fingerprint density at radius 2 is 1.78 bits per heavy atom. The van der Waals surface area contributed by atoms with Crippen LogP contribution in [0.5, 0.6) is 11.6 Å². The van der Waals surface area contributed by atoms with Crippen LogP contribution in [-0.2, 0) is 17.9 Å². The summed E-state index contributed by atoms with van der Waals surface area (Å²) in [4.78, 5) is 45.9. The van der Waals surface area contributed by atoms with Gasteiger partial charge in [0.1, 0.15) is 22.9 Å². The fraction of sp³-hybridized carbons (Fsp3) is 0.342. The van der Waals surface area contributed by atoms with Crippen molar-refractivity contribution in [2.45, 2.75) is 50.8 Å². The molecule has 0 bridgehead atoms. The van der Waals surface area contributed by atoms with Crippen LogP contribution < -0.4 is 16.0 Å². The third-order valence-electron chi connectivity index (χ3n) is 9.87. The predicted octanol–water partition coefficient (Wildman–Crippen LogP) is 5.24. The number of anilines is 1. The van der Waals surface area contributed by atoms with Gasteiger partial charge in [0.25, 0.3) is 5.56 Å². The van der Waals surface area contributed by atoms with Crippen LogP contribution in [0.15, 0.2) is 90.2 Å². The molecule has 3 N–H and O–H groups in total. The largest absolute Gasteiger partial charge is 0.437 e. The Hall–Kier alpha value is -4.98. The van der Waals surface area contributed by atoms with Gasteiger partial charge in [-0.15, -0.1) is 11.3 Å². The lowest BCUT2D eigenvalue weighted by Gasteiger charge is -2.43. The lowest BCUT2D eigenvalue weighted by molar-refractivity contribution is -0.142. The van der Waals surface area contributed by atoms with Crippen LogP contribution in [0, 0.1) is 18.7 Å². The number of hydrogen-bond acceptors (Lipinski definition) is 10. The molecule has 2 saturated heterocycles. The maximum atomic E-state index is 14.2. The molecule has 13 heteroatoms. The SMILES string of the molecule is Cc1ccc(-c2ncc(CN3CC[C@@H](C(=O)N4CCC(O)(Cn5cnc(Oc6ccc(F)cc6)c(N)c5=O)CC4)[C@H](c4ccccc4)C3)s2)cn1. The number of carbonyl (C=O) groups is 1. The first kappa shape index (κ1) is 34.5. The van der Waals surface area contributed by atoms with E-state index in [-0.39, 0.29) is 41.6 Å². The van der Waals surface area contributed by atoms with E-state index in [1.165, 1.54) is 40.0 Å². The van der Waals surface area contributed by atoms with E-state index in [0.717, 1.165) is 47.9 Å². The lowest BCUT2D eigenvalue weighted by Crippen LogP contribution is -2.53. The molecule has 2 aliphatic rings. The molecule has 0 radical (unpaired) electrons. The summed E-state index contributed by atoms with van der Waals surface area (Å²) in [5.41, 5.74) is 7.20. The first-order valence-electron chi connectivity index (χ1n) is 17.1. The molecule has 2 fully saturated rings. The molecule has 7 rings (SSSR count). The Balaban J connectivity index is 0.987. The molecule has 2 atom stereocenters. The zero-order valence-electron chi connectivity index (χ0n) is 28.3. The summed E-state index contributed by atoms with van der Waals surface area (Å²) < 4.78 is 20.1. The molecule has 1 amide bonds. The first-order chi connectivity index (χ1) is 24.6. The highest BCUT2D eigenvalue weighted by Gasteiger charge is 2.41. The Labute approximate surface area is 299 Å². The zero-order valence-corrected chi connectivity index (χ0v) is 29.1. The van der Waals surface area contributed by atoms with E-state index in [9.17, 15) is 19.1 Å². The fourth-order valence-electron chi connectivity index (χ4n) is 6.98. The van der Waals surface area contributed by atoms with Crippen LogP contribution in [-0.4, -0.2) is 72.1 Å². The van der Waals surface area contributed by atoms with E-state index in [1.54, 1.807) is 11.3 Å². The van der Waals surface area contributed by atoms with Gasteiger partial charge in [-0.1, -0.05) is 30.3 Å². The highest BCUT2D eigenvalue weighted by atomic mass is 32.1. The van der Waals surface area contributed by atoms with E-state index in [1.807, 2.05) is 54.5 Å². The summed E-state index contributed by atoms with van der Waals surface area (Å²) in [6.07, 6.45) is 6.42. The number of piperidine rings is 2. The number of nitrogens with two attached hydrogens (primary N) is 1. The number of aryl methyl sites for hydroxylation is 1. The Morgan fingerprint density at radius 3 is 2.51 bits per heavy atom. The summed E-state index contributed by atoms with van der Waals surface area (Å²) >= 11 is 1.67. The molecular formula is C38H40FN7O4S. The number of amides is 1. The van der Waals surface area contributed by atoms with Gasteiger partial charge in [-0.05, 0) is 74.7 Å². The van der Waals surface area contributed by atoms with Gasteiger partial charge in [-0.25, -0.2) is 14.4 Å². The van der Waals surface area contributed by atoms with Crippen molar-refractivity contribution in [2.75, 3.05) is 31.9 Å². The zero-order chi connectivity index (χ0) is 35.5. The predicted molar refractivity (Wildman–Crippen MR) is 193 cm³/mol. The summed E-state index contributed by atoms with van der Waals surface area (Å²) in [5, 5.41) is 12.5. The molecule has 0 spiro atoms. The molecule has 3 aromatic heterocycles. The number of hydrogen-bond donors (Lipinski definition) is 2. The minimum Gasteiger partial charge on any atom is -0.437 e. The van der Waals surface area contributed by atoms with E-state index in [0.29, 0.717) is 25.9 Å². The van der Waals surface area contributed by atoms with E-state index >= 15 is 0 Å². The Kier molecular flexibility index (Phi) is 9.94. The molecule has 51 heavy (non-hydrogen) atoms. The first-order valence-corrected chi connectivity index (χ1v) is 17.9. The van der Waals surface area contributed by atoms with Crippen molar-refractivity contribution < 1.29 is 19.0 Å². The quantitative estimate of drug-likeness (QED) is 0.210. The molecule has 11 nitrogen and oxygen atoms in total. The summed E-state index contributed by atoms with van der Waals surface area (Å²) in [7, 11) is 0. The molecule has 264 valence electrons. The average molecular weight is 710 g/mol. The van der Waals surface area contributed by atoms with Crippen molar-refractivity contribution in [1.82, 2.24) is 29.3 Å². The van der Waals surface area contributed by atoms with E-state index in [4.69, 9.17) is 10.5 Å².